The van der Waals surface area contributed by atoms with Gasteiger partial charge in [-0.3, -0.25) is 19.7 Å². The van der Waals surface area contributed by atoms with Crippen LogP contribution in [0.25, 0.3) is 0 Å². The Balaban J connectivity index is 2.23. The number of methoxy groups -OCH3 is 1. The number of hydrogen-bond acceptors (Lipinski definition) is 6. The zero-order chi connectivity index (χ0) is 24.4. The van der Waals surface area contributed by atoms with Gasteiger partial charge in [-0.05, 0) is 31.4 Å². The van der Waals surface area contributed by atoms with Gasteiger partial charge < -0.3 is 19.7 Å². The van der Waals surface area contributed by atoms with E-state index < -0.39 is 11.0 Å². The molecule has 0 saturated heterocycles. The van der Waals surface area contributed by atoms with E-state index in [0.717, 1.165) is 17.5 Å². The van der Waals surface area contributed by atoms with Crippen molar-refractivity contribution >= 4 is 17.5 Å². The molecule has 9 nitrogen and oxygen atoms in total. The van der Waals surface area contributed by atoms with Gasteiger partial charge in [0.1, 0.15) is 11.8 Å². The van der Waals surface area contributed by atoms with Crippen LogP contribution in [0, 0.1) is 17.0 Å². The molecule has 0 radical (unpaired) electrons. The Labute approximate surface area is 193 Å². The number of ether oxygens (including phenoxy) is 2. The molecule has 0 aliphatic rings. The van der Waals surface area contributed by atoms with Gasteiger partial charge in [-0.15, -0.1) is 0 Å². The summed E-state index contributed by atoms with van der Waals surface area (Å²) < 4.78 is 10.7. The highest BCUT2D eigenvalue weighted by atomic mass is 16.6. The standard InChI is InChI=1S/C24H31N3O6/c1-5-12-25-24(29)20(6-2)26(15-18-9-7-8-17(3)13-18)23(28)16-33-19-10-11-21(27(30)31)22(14-19)32-4/h7-11,13-14,20H,5-6,12,15-16H2,1-4H3,(H,25,29). The first-order valence-corrected chi connectivity index (χ1v) is 10.9. The van der Waals surface area contributed by atoms with Gasteiger partial charge in [-0.25, -0.2) is 0 Å². The largest absolute Gasteiger partial charge is 0.490 e. The number of carbonyl (C=O) groups excluding carboxylic acids is 2. The van der Waals surface area contributed by atoms with Gasteiger partial charge >= 0.3 is 5.69 Å². The lowest BCUT2D eigenvalue weighted by atomic mass is 10.1. The quantitative estimate of drug-likeness (QED) is 0.385. The van der Waals surface area contributed by atoms with Crippen LogP contribution in [0.2, 0.25) is 0 Å². The molecule has 2 aromatic rings. The number of benzene rings is 2. The van der Waals surface area contributed by atoms with Crippen LogP contribution in [-0.4, -0.2) is 47.9 Å². The van der Waals surface area contributed by atoms with E-state index in [1.807, 2.05) is 45.0 Å². The second-order valence-electron chi connectivity index (χ2n) is 7.61. The predicted octanol–water partition coefficient (Wildman–Crippen LogP) is 3.62. The summed E-state index contributed by atoms with van der Waals surface area (Å²) in [6, 6.07) is 11.1. The molecule has 2 aromatic carbocycles. The molecule has 1 atom stereocenters. The fourth-order valence-corrected chi connectivity index (χ4v) is 3.42. The molecular weight excluding hydrogens is 426 g/mol. The highest BCUT2D eigenvalue weighted by Crippen LogP contribution is 2.30. The van der Waals surface area contributed by atoms with Crippen molar-refractivity contribution in [2.45, 2.75) is 46.2 Å². The van der Waals surface area contributed by atoms with Crippen molar-refractivity contribution in [2.75, 3.05) is 20.3 Å². The molecule has 0 aliphatic heterocycles. The maximum absolute atomic E-state index is 13.2. The van der Waals surface area contributed by atoms with Crippen molar-refractivity contribution in [3.63, 3.8) is 0 Å². The van der Waals surface area contributed by atoms with Crippen molar-refractivity contribution in [3.8, 4) is 11.5 Å². The maximum Gasteiger partial charge on any atom is 0.311 e. The second kappa shape index (κ2) is 12.4. The lowest BCUT2D eigenvalue weighted by Gasteiger charge is -2.30. The lowest BCUT2D eigenvalue weighted by Crippen LogP contribution is -2.50. The van der Waals surface area contributed by atoms with Gasteiger partial charge in [-0.1, -0.05) is 43.7 Å². The average Bonchev–Trinajstić information content (AvgIpc) is 2.80. The van der Waals surface area contributed by atoms with Crippen molar-refractivity contribution in [1.82, 2.24) is 10.2 Å². The van der Waals surface area contributed by atoms with E-state index in [9.17, 15) is 19.7 Å². The molecule has 2 rings (SSSR count). The fourth-order valence-electron chi connectivity index (χ4n) is 3.42. The minimum Gasteiger partial charge on any atom is -0.490 e. The minimum atomic E-state index is -0.653. The minimum absolute atomic E-state index is 0.0342. The van der Waals surface area contributed by atoms with Crippen LogP contribution in [0.3, 0.4) is 0 Å². The van der Waals surface area contributed by atoms with Crippen molar-refractivity contribution in [2.24, 2.45) is 0 Å². The molecule has 0 bridgehead atoms. The van der Waals surface area contributed by atoms with Gasteiger partial charge in [0, 0.05) is 25.2 Å². The summed E-state index contributed by atoms with van der Waals surface area (Å²) in [6.45, 7) is 6.24. The summed E-state index contributed by atoms with van der Waals surface area (Å²) in [5, 5.41) is 13.9. The number of rotatable bonds is 12. The summed E-state index contributed by atoms with van der Waals surface area (Å²) >= 11 is 0. The Morgan fingerprint density at radius 1 is 1.18 bits per heavy atom. The van der Waals surface area contributed by atoms with Crippen LogP contribution in [0.15, 0.2) is 42.5 Å². The van der Waals surface area contributed by atoms with Crippen LogP contribution < -0.4 is 14.8 Å². The SMILES string of the molecule is CCCNC(=O)C(CC)N(Cc1cccc(C)c1)C(=O)COc1ccc([N+](=O)[O-])c(OC)c1. The highest BCUT2D eigenvalue weighted by Gasteiger charge is 2.29. The first kappa shape index (κ1) is 25.6. The molecule has 0 spiro atoms. The molecular formula is C24H31N3O6. The van der Waals surface area contributed by atoms with E-state index in [-0.39, 0.29) is 42.2 Å². The summed E-state index contributed by atoms with van der Waals surface area (Å²) in [5.41, 5.74) is 1.76. The molecule has 2 amide bonds. The normalized spacial score (nSPS) is 11.4. The van der Waals surface area contributed by atoms with Gasteiger partial charge in [0.05, 0.1) is 12.0 Å². The maximum atomic E-state index is 13.2. The van der Waals surface area contributed by atoms with Gasteiger partial charge in [0.2, 0.25) is 11.7 Å². The summed E-state index contributed by atoms with van der Waals surface area (Å²) in [6.07, 6.45) is 1.23. The molecule has 0 aromatic heterocycles. The second-order valence-corrected chi connectivity index (χ2v) is 7.61. The number of amides is 2. The molecule has 0 fully saturated rings. The molecule has 178 valence electrons. The Kier molecular flexibility index (Phi) is 9.65. The van der Waals surface area contributed by atoms with Crippen LogP contribution >= 0.6 is 0 Å². The van der Waals surface area contributed by atoms with Crippen molar-refractivity contribution < 1.29 is 24.0 Å². The number of nitrogens with zero attached hydrogens (tertiary/aromatic N) is 2. The predicted molar refractivity (Wildman–Crippen MR) is 124 cm³/mol. The fraction of sp³-hybridized carbons (Fsp3) is 0.417. The Hall–Kier alpha value is -3.62. The molecule has 0 saturated carbocycles. The Morgan fingerprint density at radius 3 is 2.55 bits per heavy atom. The number of nitro groups is 1. The number of hydrogen-bond donors (Lipinski definition) is 1. The van der Waals surface area contributed by atoms with Gasteiger partial charge in [0.25, 0.3) is 5.91 Å². The number of carbonyl (C=O) groups is 2. The van der Waals surface area contributed by atoms with E-state index in [4.69, 9.17) is 9.47 Å². The van der Waals surface area contributed by atoms with E-state index in [1.165, 1.54) is 30.2 Å². The number of aryl methyl sites for hydroxylation is 1. The first-order chi connectivity index (χ1) is 15.8. The summed E-state index contributed by atoms with van der Waals surface area (Å²) in [4.78, 5) is 38.0. The van der Waals surface area contributed by atoms with Gasteiger partial charge in [0.15, 0.2) is 6.61 Å². The average molecular weight is 458 g/mol. The highest BCUT2D eigenvalue weighted by molar-refractivity contribution is 5.88. The number of nitro benzene ring substituents is 1. The van der Waals surface area contributed by atoms with E-state index in [2.05, 4.69) is 5.32 Å². The smallest absolute Gasteiger partial charge is 0.311 e. The van der Waals surface area contributed by atoms with Crippen LogP contribution in [0.5, 0.6) is 11.5 Å². The molecule has 33 heavy (non-hydrogen) atoms. The van der Waals surface area contributed by atoms with E-state index >= 15 is 0 Å². The molecule has 1 N–H and O–H groups in total. The monoisotopic (exact) mass is 457 g/mol. The van der Waals surface area contributed by atoms with Crippen molar-refractivity contribution in [1.29, 1.82) is 0 Å². The Morgan fingerprint density at radius 2 is 1.94 bits per heavy atom. The molecule has 0 aliphatic carbocycles. The van der Waals surface area contributed by atoms with E-state index in [0.29, 0.717) is 13.0 Å². The first-order valence-electron chi connectivity index (χ1n) is 10.9. The zero-order valence-electron chi connectivity index (χ0n) is 19.5. The summed E-state index contributed by atoms with van der Waals surface area (Å²) in [7, 11) is 1.32. The third-order valence-corrected chi connectivity index (χ3v) is 5.08. The zero-order valence-corrected chi connectivity index (χ0v) is 19.5. The Bertz CT molecular complexity index is 978. The van der Waals surface area contributed by atoms with Crippen LogP contribution in [0.4, 0.5) is 5.69 Å². The van der Waals surface area contributed by atoms with Crippen molar-refractivity contribution in [3.05, 3.63) is 63.7 Å². The van der Waals surface area contributed by atoms with Crippen LogP contribution in [-0.2, 0) is 16.1 Å². The lowest BCUT2D eigenvalue weighted by molar-refractivity contribution is -0.385. The van der Waals surface area contributed by atoms with Crippen LogP contribution in [0.1, 0.15) is 37.8 Å². The molecule has 9 heteroatoms. The topological polar surface area (TPSA) is 111 Å². The number of nitrogens with one attached hydrogen (secondary N) is 1. The van der Waals surface area contributed by atoms with E-state index in [1.54, 1.807) is 0 Å². The third kappa shape index (κ3) is 7.20. The summed E-state index contributed by atoms with van der Waals surface area (Å²) in [5.74, 6) is -0.290. The third-order valence-electron chi connectivity index (χ3n) is 5.08. The molecule has 0 heterocycles. The molecule has 1 unspecified atom stereocenters. The van der Waals surface area contributed by atoms with Gasteiger partial charge in [-0.2, -0.15) is 0 Å².